The highest BCUT2D eigenvalue weighted by Crippen LogP contribution is 2.29. The van der Waals surface area contributed by atoms with Gasteiger partial charge in [-0.05, 0) is 40.5 Å². The van der Waals surface area contributed by atoms with Crippen LogP contribution in [0.25, 0.3) is 0 Å². The third kappa shape index (κ3) is 3.05. The Balaban J connectivity index is 2.36. The quantitative estimate of drug-likeness (QED) is 0.876. The lowest BCUT2D eigenvalue weighted by atomic mass is 10.2. The molecule has 0 bridgehead atoms. The predicted molar refractivity (Wildman–Crippen MR) is 78.4 cm³/mol. The first-order valence-corrected chi connectivity index (χ1v) is 6.57. The summed E-state index contributed by atoms with van der Waals surface area (Å²) in [5.41, 5.74) is 1.89. The molecule has 4 nitrogen and oxygen atoms in total. The first-order chi connectivity index (χ1) is 8.99. The van der Waals surface area contributed by atoms with Crippen molar-refractivity contribution in [1.29, 1.82) is 0 Å². The lowest BCUT2D eigenvalue weighted by Gasteiger charge is -2.10. The fraction of sp³-hybridized carbons (Fsp3) is 0.0769. The summed E-state index contributed by atoms with van der Waals surface area (Å²) in [7, 11) is 0. The summed E-state index contributed by atoms with van der Waals surface area (Å²) in [4.78, 5) is 15.1. The van der Waals surface area contributed by atoms with Crippen LogP contribution in [0.1, 0.15) is 15.9 Å². The molecule has 1 heterocycles. The van der Waals surface area contributed by atoms with Crippen molar-refractivity contribution in [2.24, 2.45) is 0 Å². The van der Waals surface area contributed by atoms with E-state index in [9.17, 15) is 4.79 Å². The summed E-state index contributed by atoms with van der Waals surface area (Å²) in [5.74, 6) is -0.660. The molecule has 2 aromatic rings. The second kappa shape index (κ2) is 5.59. The van der Waals surface area contributed by atoms with Crippen LogP contribution in [0.3, 0.4) is 0 Å². The van der Waals surface area contributed by atoms with E-state index in [1.807, 2.05) is 25.1 Å². The molecule has 1 aromatic carbocycles. The van der Waals surface area contributed by atoms with Gasteiger partial charge in [0.2, 0.25) is 0 Å². The molecule has 6 heteroatoms. The second-order valence-electron chi connectivity index (χ2n) is 3.92. The van der Waals surface area contributed by atoms with Crippen molar-refractivity contribution in [3.63, 3.8) is 0 Å². The first kappa shape index (κ1) is 13.8. The average Bonchev–Trinajstić information content (AvgIpc) is 2.37. The van der Waals surface area contributed by atoms with E-state index in [1.165, 1.54) is 12.3 Å². The number of hydrogen-bond donors (Lipinski definition) is 2. The summed E-state index contributed by atoms with van der Waals surface area (Å²) in [6, 6.07) is 7.14. The first-order valence-electron chi connectivity index (χ1n) is 5.40. The van der Waals surface area contributed by atoms with E-state index in [-0.39, 0.29) is 10.6 Å². The minimum absolute atomic E-state index is 0.0166. The third-order valence-corrected chi connectivity index (χ3v) is 3.89. The van der Waals surface area contributed by atoms with E-state index < -0.39 is 5.97 Å². The van der Waals surface area contributed by atoms with Gasteiger partial charge in [0, 0.05) is 10.7 Å². The van der Waals surface area contributed by atoms with Crippen LogP contribution in [0.15, 0.2) is 34.9 Å². The highest BCUT2D eigenvalue weighted by atomic mass is 79.9. The highest BCUT2D eigenvalue weighted by Gasteiger charge is 2.11. The Kier molecular flexibility index (Phi) is 4.07. The average molecular weight is 342 g/mol. The lowest BCUT2D eigenvalue weighted by molar-refractivity contribution is 0.0697. The number of nitrogens with zero attached hydrogens (tertiary/aromatic N) is 1. The van der Waals surface area contributed by atoms with Gasteiger partial charge < -0.3 is 10.4 Å². The summed E-state index contributed by atoms with van der Waals surface area (Å²) >= 11 is 9.24. The van der Waals surface area contributed by atoms with Crippen molar-refractivity contribution in [3.05, 3.63) is 51.1 Å². The number of benzene rings is 1. The Morgan fingerprint density at radius 3 is 2.89 bits per heavy atom. The number of halogens is 2. The fourth-order valence-electron chi connectivity index (χ4n) is 1.55. The van der Waals surface area contributed by atoms with Gasteiger partial charge in [0.1, 0.15) is 5.82 Å². The SMILES string of the molecule is Cc1cccc(Nc2cc(C(=O)O)c(Cl)cn2)c1Br. The predicted octanol–water partition coefficient (Wildman–Crippen LogP) is 4.25. The zero-order valence-electron chi connectivity index (χ0n) is 9.95. The van der Waals surface area contributed by atoms with Crippen LogP contribution in [0.5, 0.6) is 0 Å². The van der Waals surface area contributed by atoms with Crippen molar-refractivity contribution in [1.82, 2.24) is 4.98 Å². The van der Waals surface area contributed by atoms with Gasteiger partial charge in [0.25, 0.3) is 0 Å². The number of aryl methyl sites for hydroxylation is 1. The van der Waals surface area contributed by atoms with E-state index in [4.69, 9.17) is 16.7 Å². The van der Waals surface area contributed by atoms with E-state index in [0.717, 1.165) is 15.7 Å². The molecular formula is C13H10BrClN2O2. The van der Waals surface area contributed by atoms with E-state index in [1.54, 1.807) is 0 Å². The molecule has 0 fully saturated rings. The van der Waals surface area contributed by atoms with Crippen molar-refractivity contribution in [2.75, 3.05) is 5.32 Å². The van der Waals surface area contributed by atoms with Crippen LogP contribution in [-0.4, -0.2) is 16.1 Å². The topological polar surface area (TPSA) is 62.2 Å². The zero-order chi connectivity index (χ0) is 14.0. The molecule has 19 heavy (non-hydrogen) atoms. The maximum atomic E-state index is 11.0. The Labute approximate surface area is 123 Å². The smallest absolute Gasteiger partial charge is 0.337 e. The van der Waals surface area contributed by atoms with Crippen LogP contribution in [-0.2, 0) is 0 Å². The van der Waals surface area contributed by atoms with Gasteiger partial charge >= 0.3 is 5.97 Å². The number of carboxylic acid groups (broad SMARTS) is 1. The molecular weight excluding hydrogens is 332 g/mol. The van der Waals surface area contributed by atoms with Crippen LogP contribution in [0.2, 0.25) is 5.02 Å². The van der Waals surface area contributed by atoms with Crippen molar-refractivity contribution >= 4 is 45.0 Å². The highest BCUT2D eigenvalue weighted by molar-refractivity contribution is 9.10. The number of aromatic nitrogens is 1. The van der Waals surface area contributed by atoms with E-state index in [0.29, 0.717) is 5.82 Å². The zero-order valence-corrected chi connectivity index (χ0v) is 12.3. The normalized spacial score (nSPS) is 10.3. The van der Waals surface area contributed by atoms with Crippen LogP contribution >= 0.6 is 27.5 Å². The maximum Gasteiger partial charge on any atom is 0.337 e. The van der Waals surface area contributed by atoms with Crippen molar-refractivity contribution < 1.29 is 9.90 Å². The van der Waals surface area contributed by atoms with Gasteiger partial charge in [-0.1, -0.05) is 23.7 Å². The lowest BCUT2D eigenvalue weighted by Crippen LogP contribution is -2.01. The summed E-state index contributed by atoms with van der Waals surface area (Å²) in [6.45, 7) is 1.97. The fourth-order valence-corrected chi connectivity index (χ4v) is 2.10. The van der Waals surface area contributed by atoms with Gasteiger partial charge in [-0.25, -0.2) is 9.78 Å². The molecule has 0 saturated carbocycles. The molecule has 2 N–H and O–H groups in total. The van der Waals surface area contributed by atoms with E-state index >= 15 is 0 Å². The Hall–Kier alpha value is -1.59. The Bertz CT molecular complexity index is 647. The molecule has 0 aliphatic heterocycles. The molecule has 0 atom stereocenters. The monoisotopic (exact) mass is 340 g/mol. The number of carboxylic acids is 1. The van der Waals surface area contributed by atoms with Crippen LogP contribution in [0.4, 0.5) is 11.5 Å². The van der Waals surface area contributed by atoms with Crippen LogP contribution < -0.4 is 5.32 Å². The number of hydrogen-bond acceptors (Lipinski definition) is 3. The van der Waals surface area contributed by atoms with Gasteiger partial charge in [-0.15, -0.1) is 0 Å². The standard InChI is InChI=1S/C13H10BrClN2O2/c1-7-3-2-4-10(12(7)14)17-11-5-8(13(18)19)9(15)6-16-11/h2-6H,1H3,(H,16,17)(H,18,19). The van der Waals surface area contributed by atoms with Gasteiger partial charge in [0.05, 0.1) is 16.3 Å². The van der Waals surface area contributed by atoms with E-state index in [2.05, 4.69) is 26.2 Å². The van der Waals surface area contributed by atoms with Crippen LogP contribution in [0, 0.1) is 6.92 Å². The molecule has 0 amide bonds. The minimum atomic E-state index is -1.08. The molecule has 0 aliphatic carbocycles. The summed E-state index contributed by atoms with van der Waals surface area (Å²) < 4.78 is 0.906. The molecule has 1 aromatic heterocycles. The molecule has 0 unspecified atom stereocenters. The van der Waals surface area contributed by atoms with Gasteiger partial charge in [-0.2, -0.15) is 0 Å². The number of aromatic carboxylic acids is 1. The second-order valence-corrected chi connectivity index (χ2v) is 5.12. The largest absolute Gasteiger partial charge is 0.478 e. The van der Waals surface area contributed by atoms with Crippen molar-refractivity contribution in [3.8, 4) is 0 Å². The molecule has 0 spiro atoms. The molecule has 2 rings (SSSR count). The number of rotatable bonds is 3. The maximum absolute atomic E-state index is 11.0. The number of nitrogens with one attached hydrogen (secondary N) is 1. The Morgan fingerprint density at radius 1 is 1.47 bits per heavy atom. The van der Waals surface area contributed by atoms with Crippen molar-refractivity contribution in [2.45, 2.75) is 6.92 Å². The van der Waals surface area contributed by atoms with Gasteiger partial charge in [-0.3, -0.25) is 0 Å². The summed E-state index contributed by atoms with van der Waals surface area (Å²) in [5, 5.41) is 12.2. The number of carbonyl (C=O) groups is 1. The molecule has 98 valence electrons. The summed E-state index contributed by atoms with van der Waals surface area (Å²) in [6.07, 6.45) is 1.32. The molecule has 0 saturated heterocycles. The minimum Gasteiger partial charge on any atom is -0.478 e. The number of anilines is 2. The molecule has 0 aliphatic rings. The van der Waals surface area contributed by atoms with Gasteiger partial charge in [0.15, 0.2) is 0 Å². The Morgan fingerprint density at radius 2 is 2.21 bits per heavy atom. The molecule has 0 radical (unpaired) electrons. The number of pyridine rings is 1. The third-order valence-electron chi connectivity index (χ3n) is 2.54.